The highest BCUT2D eigenvalue weighted by Gasteiger charge is 2.44. The summed E-state index contributed by atoms with van der Waals surface area (Å²) in [5.74, 6) is -1.12. The lowest BCUT2D eigenvalue weighted by Gasteiger charge is -2.23. The molecule has 0 bridgehead atoms. The van der Waals surface area contributed by atoms with Gasteiger partial charge in [-0.2, -0.15) is 0 Å². The van der Waals surface area contributed by atoms with Gasteiger partial charge in [0, 0.05) is 0 Å². The molecule has 0 spiro atoms. The van der Waals surface area contributed by atoms with Crippen molar-refractivity contribution in [1.82, 2.24) is 5.32 Å². The van der Waals surface area contributed by atoms with E-state index in [1.54, 1.807) is 0 Å². The van der Waals surface area contributed by atoms with Crippen LogP contribution in [0.1, 0.15) is 38.5 Å². The predicted octanol–water partition coefficient (Wildman–Crippen LogP) is 0.149. The van der Waals surface area contributed by atoms with Crippen molar-refractivity contribution in [1.29, 1.82) is 0 Å². The van der Waals surface area contributed by atoms with Crippen LogP contribution in [0.5, 0.6) is 0 Å². The number of amides is 2. The second kappa shape index (κ2) is 4.16. The fourth-order valence-electron chi connectivity index (χ4n) is 2.42. The summed E-state index contributed by atoms with van der Waals surface area (Å²) in [5, 5.41) is 0.491. The largest absolute Gasteiger partial charge is 0.295 e. The standard InChI is InChI=1S/C10H15NO4S/c12-9-6-8(10(13)11-9)16(14,15)7-4-2-1-3-5-7/h7-8H,1-6H2,(H,11,12,13). The number of hydrogen-bond donors (Lipinski definition) is 1. The van der Waals surface area contributed by atoms with Crippen LogP contribution in [0.4, 0.5) is 0 Å². The highest BCUT2D eigenvalue weighted by Crippen LogP contribution is 2.28. The van der Waals surface area contributed by atoms with E-state index >= 15 is 0 Å². The summed E-state index contributed by atoms with van der Waals surface area (Å²) >= 11 is 0. The van der Waals surface area contributed by atoms with Crippen molar-refractivity contribution >= 4 is 21.7 Å². The molecule has 1 unspecified atom stereocenters. The van der Waals surface area contributed by atoms with Crippen LogP contribution in [0.15, 0.2) is 0 Å². The average molecular weight is 245 g/mol. The molecule has 16 heavy (non-hydrogen) atoms. The first-order chi connectivity index (χ1) is 7.51. The Bertz CT molecular complexity index is 409. The second-order valence-corrected chi connectivity index (χ2v) is 6.87. The monoisotopic (exact) mass is 245 g/mol. The normalized spacial score (nSPS) is 28.1. The number of carbonyl (C=O) groups is 2. The van der Waals surface area contributed by atoms with Gasteiger partial charge < -0.3 is 0 Å². The molecule has 2 amide bonds. The van der Waals surface area contributed by atoms with Crippen LogP contribution in [-0.4, -0.2) is 30.7 Å². The van der Waals surface area contributed by atoms with E-state index in [0.717, 1.165) is 19.3 Å². The zero-order valence-electron chi connectivity index (χ0n) is 8.94. The summed E-state index contributed by atoms with van der Waals surface area (Å²) in [6.45, 7) is 0. The van der Waals surface area contributed by atoms with Crippen molar-refractivity contribution in [3.05, 3.63) is 0 Å². The number of sulfone groups is 1. The highest BCUT2D eigenvalue weighted by molar-refractivity contribution is 7.93. The molecule has 1 saturated heterocycles. The van der Waals surface area contributed by atoms with E-state index in [9.17, 15) is 18.0 Å². The maximum atomic E-state index is 12.1. The lowest BCUT2D eigenvalue weighted by atomic mass is 10.0. The number of carbonyl (C=O) groups excluding carboxylic acids is 2. The predicted molar refractivity (Wildman–Crippen MR) is 57.3 cm³/mol. The molecule has 1 heterocycles. The van der Waals surface area contributed by atoms with Gasteiger partial charge in [0.15, 0.2) is 9.84 Å². The summed E-state index contributed by atoms with van der Waals surface area (Å²) < 4.78 is 24.3. The molecule has 1 saturated carbocycles. The van der Waals surface area contributed by atoms with Crippen LogP contribution < -0.4 is 5.32 Å². The third-order valence-electron chi connectivity index (χ3n) is 3.34. The van der Waals surface area contributed by atoms with E-state index in [4.69, 9.17) is 0 Å². The molecule has 90 valence electrons. The molecule has 0 aromatic rings. The Labute approximate surface area is 94.5 Å². The Hall–Kier alpha value is -0.910. The van der Waals surface area contributed by atoms with Crippen molar-refractivity contribution in [2.45, 2.75) is 49.0 Å². The Morgan fingerprint density at radius 1 is 1.06 bits per heavy atom. The zero-order chi connectivity index (χ0) is 11.8. The number of rotatable bonds is 2. The summed E-state index contributed by atoms with van der Waals surface area (Å²) in [6.07, 6.45) is 3.90. The zero-order valence-corrected chi connectivity index (χ0v) is 9.76. The smallest absolute Gasteiger partial charge is 0.245 e. The minimum Gasteiger partial charge on any atom is -0.295 e. The maximum absolute atomic E-state index is 12.1. The second-order valence-electron chi connectivity index (χ2n) is 4.45. The Balaban J connectivity index is 2.18. The van der Waals surface area contributed by atoms with Gasteiger partial charge in [-0.25, -0.2) is 8.42 Å². The van der Waals surface area contributed by atoms with Gasteiger partial charge in [-0.3, -0.25) is 14.9 Å². The van der Waals surface area contributed by atoms with Crippen LogP contribution >= 0.6 is 0 Å². The minimum absolute atomic E-state index is 0.197. The molecule has 2 fully saturated rings. The molecule has 1 atom stereocenters. The number of nitrogens with one attached hydrogen (secondary N) is 1. The van der Waals surface area contributed by atoms with Gasteiger partial charge in [-0.15, -0.1) is 0 Å². The average Bonchev–Trinajstić information content (AvgIpc) is 2.60. The Morgan fingerprint density at radius 2 is 1.69 bits per heavy atom. The lowest BCUT2D eigenvalue weighted by molar-refractivity contribution is -0.124. The summed E-state index contributed by atoms with van der Waals surface area (Å²) in [5.41, 5.74) is 0. The first kappa shape index (κ1) is 11.6. The lowest BCUT2D eigenvalue weighted by Crippen LogP contribution is -2.38. The fourth-order valence-corrected chi connectivity index (χ4v) is 4.62. The molecule has 5 nitrogen and oxygen atoms in total. The van der Waals surface area contributed by atoms with Crippen LogP contribution in [0, 0.1) is 0 Å². The van der Waals surface area contributed by atoms with Gasteiger partial charge in [-0.1, -0.05) is 19.3 Å². The Morgan fingerprint density at radius 3 is 2.19 bits per heavy atom. The topological polar surface area (TPSA) is 80.3 Å². The third-order valence-corrected chi connectivity index (χ3v) is 5.91. The summed E-state index contributed by atoms with van der Waals surface area (Å²) in [6, 6.07) is 0. The molecule has 2 aliphatic rings. The van der Waals surface area contributed by atoms with Crippen LogP contribution in [-0.2, 0) is 19.4 Å². The number of imide groups is 1. The van der Waals surface area contributed by atoms with Gasteiger partial charge in [0.05, 0.1) is 11.7 Å². The van der Waals surface area contributed by atoms with Crippen LogP contribution in [0.2, 0.25) is 0 Å². The molecular formula is C10H15NO4S. The van der Waals surface area contributed by atoms with Crippen molar-refractivity contribution in [2.24, 2.45) is 0 Å². The van der Waals surface area contributed by atoms with Gasteiger partial charge >= 0.3 is 0 Å². The first-order valence-corrected chi connectivity index (χ1v) is 7.19. The third kappa shape index (κ3) is 1.98. The molecule has 0 aromatic carbocycles. The van der Waals surface area contributed by atoms with E-state index in [-0.39, 0.29) is 6.42 Å². The van der Waals surface area contributed by atoms with Crippen LogP contribution in [0.3, 0.4) is 0 Å². The van der Waals surface area contributed by atoms with E-state index in [2.05, 4.69) is 5.32 Å². The Kier molecular flexibility index (Phi) is 3.01. The van der Waals surface area contributed by atoms with E-state index in [1.165, 1.54) is 0 Å². The van der Waals surface area contributed by atoms with E-state index in [0.29, 0.717) is 12.8 Å². The first-order valence-electron chi connectivity index (χ1n) is 5.58. The van der Waals surface area contributed by atoms with Crippen molar-refractivity contribution in [3.8, 4) is 0 Å². The van der Waals surface area contributed by atoms with Gasteiger partial charge in [0.1, 0.15) is 5.25 Å². The van der Waals surface area contributed by atoms with E-state index < -0.39 is 32.2 Å². The molecule has 1 aliphatic carbocycles. The van der Waals surface area contributed by atoms with Crippen molar-refractivity contribution in [3.63, 3.8) is 0 Å². The summed E-state index contributed by atoms with van der Waals surface area (Å²) in [7, 11) is -3.48. The van der Waals surface area contributed by atoms with Gasteiger partial charge in [0.25, 0.3) is 0 Å². The fraction of sp³-hybridized carbons (Fsp3) is 0.800. The van der Waals surface area contributed by atoms with Crippen molar-refractivity contribution in [2.75, 3.05) is 0 Å². The highest BCUT2D eigenvalue weighted by atomic mass is 32.2. The van der Waals surface area contributed by atoms with Crippen LogP contribution in [0.25, 0.3) is 0 Å². The molecule has 0 radical (unpaired) electrons. The van der Waals surface area contributed by atoms with E-state index in [1.807, 2.05) is 0 Å². The van der Waals surface area contributed by atoms with Gasteiger partial charge in [-0.05, 0) is 12.8 Å². The molecule has 1 aliphatic heterocycles. The molecular weight excluding hydrogens is 230 g/mol. The summed E-state index contributed by atoms with van der Waals surface area (Å²) in [4.78, 5) is 22.4. The number of hydrogen-bond acceptors (Lipinski definition) is 4. The minimum atomic E-state index is -3.48. The maximum Gasteiger partial charge on any atom is 0.245 e. The molecule has 1 N–H and O–H groups in total. The van der Waals surface area contributed by atoms with Gasteiger partial charge in [0.2, 0.25) is 11.8 Å². The quantitative estimate of drug-likeness (QED) is 0.702. The molecule has 6 heteroatoms. The SMILES string of the molecule is O=C1CC(S(=O)(=O)C2CCCCC2)C(=O)N1. The molecule has 0 aromatic heterocycles. The van der Waals surface area contributed by atoms with Crippen molar-refractivity contribution < 1.29 is 18.0 Å². The molecule has 2 rings (SSSR count).